The van der Waals surface area contributed by atoms with Gasteiger partial charge in [-0.2, -0.15) is 0 Å². The highest BCUT2D eigenvalue weighted by atomic mass is 32.2. The molecule has 94 valence electrons. The minimum atomic E-state index is 0.0457. The SMILES string of the molecule is Cc1cc(C(C)N)cnc1SCc1ccccc1. The summed E-state index contributed by atoms with van der Waals surface area (Å²) in [6.45, 7) is 4.07. The van der Waals surface area contributed by atoms with Gasteiger partial charge in [-0.15, -0.1) is 11.8 Å². The van der Waals surface area contributed by atoms with Crippen LogP contribution in [0.4, 0.5) is 0 Å². The standard InChI is InChI=1S/C15H18N2S/c1-11-8-14(12(2)16)9-17-15(11)18-10-13-6-4-3-5-7-13/h3-9,12H,10,16H2,1-2H3. The van der Waals surface area contributed by atoms with Gasteiger partial charge in [-0.3, -0.25) is 0 Å². The molecule has 0 bridgehead atoms. The number of rotatable bonds is 4. The van der Waals surface area contributed by atoms with Crippen molar-refractivity contribution in [1.29, 1.82) is 0 Å². The molecule has 0 radical (unpaired) electrons. The Bertz CT molecular complexity index is 509. The number of hydrogen-bond donors (Lipinski definition) is 1. The Balaban J connectivity index is 2.06. The van der Waals surface area contributed by atoms with E-state index in [1.54, 1.807) is 11.8 Å². The fraction of sp³-hybridized carbons (Fsp3) is 0.267. The number of pyridine rings is 1. The molecule has 2 nitrogen and oxygen atoms in total. The number of thioether (sulfide) groups is 1. The molecule has 1 aromatic heterocycles. The maximum Gasteiger partial charge on any atom is 0.0992 e. The lowest BCUT2D eigenvalue weighted by molar-refractivity contribution is 0.802. The molecule has 3 heteroatoms. The quantitative estimate of drug-likeness (QED) is 0.850. The lowest BCUT2D eigenvalue weighted by Crippen LogP contribution is -2.06. The summed E-state index contributed by atoms with van der Waals surface area (Å²) in [5.74, 6) is 0.951. The minimum absolute atomic E-state index is 0.0457. The molecule has 18 heavy (non-hydrogen) atoms. The van der Waals surface area contributed by atoms with Crippen LogP contribution in [0.3, 0.4) is 0 Å². The fourth-order valence-corrected chi connectivity index (χ4v) is 2.62. The maximum atomic E-state index is 5.85. The van der Waals surface area contributed by atoms with Gasteiger partial charge in [-0.25, -0.2) is 4.98 Å². The molecule has 1 unspecified atom stereocenters. The molecule has 0 fully saturated rings. The normalized spacial score (nSPS) is 12.4. The molecule has 0 aliphatic carbocycles. The van der Waals surface area contributed by atoms with Crippen LogP contribution < -0.4 is 5.73 Å². The summed E-state index contributed by atoms with van der Waals surface area (Å²) in [4.78, 5) is 4.50. The van der Waals surface area contributed by atoms with Gasteiger partial charge in [-0.05, 0) is 30.5 Å². The van der Waals surface area contributed by atoms with Crippen molar-refractivity contribution in [2.24, 2.45) is 5.73 Å². The third-order valence-electron chi connectivity index (χ3n) is 2.80. The summed E-state index contributed by atoms with van der Waals surface area (Å²) in [7, 11) is 0. The van der Waals surface area contributed by atoms with Crippen molar-refractivity contribution >= 4 is 11.8 Å². The second-order valence-corrected chi connectivity index (χ2v) is 5.42. The molecule has 0 saturated heterocycles. The predicted molar refractivity (Wildman–Crippen MR) is 77.6 cm³/mol. The van der Waals surface area contributed by atoms with E-state index in [2.05, 4.69) is 42.2 Å². The van der Waals surface area contributed by atoms with Crippen molar-refractivity contribution < 1.29 is 0 Å². The van der Waals surface area contributed by atoms with E-state index in [0.29, 0.717) is 0 Å². The number of nitrogens with two attached hydrogens (primary N) is 1. The molecule has 0 aliphatic rings. The Morgan fingerprint density at radius 1 is 1.28 bits per heavy atom. The van der Waals surface area contributed by atoms with Crippen LogP contribution in [0.15, 0.2) is 47.6 Å². The zero-order chi connectivity index (χ0) is 13.0. The smallest absolute Gasteiger partial charge is 0.0992 e. The van der Waals surface area contributed by atoms with Crippen molar-refractivity contribution in [3.63, 3.8) is 0 Å². The summed E-state index contributed by atoms with van der Waals surface area (Å²) < 4.78 is 0. The maximum absolute atomic E-state index is 5.85. The Kier molecular flexibility index (Phi) is 4.39. The lowest BCUT2D eigenvalue weighted by Gasteiger charge is -2.09. The Labute approximate surface area is 113 Å². The molecule has 1 aromatic carbocycles. The van der Waals surface area contributed by atoms with Crippen molar-refractivity contribution in [1.82, 2.24) is 4.98 Å². The molecular formula is C15H18N2S. The fourth-order valence-electron chi connectivity index (χ4n) is 1.71. The number of hydrogen-bond acceptors (Lipinski definition) is 3. The highest BCUT2D eigenvalue weighted by molar-refractivity contribution is 7.98. The topological polar surface area (TPSA) is 38.9 Å². The average molecular weight is 258 g/mol. The minimum Gasteiger partial charge on any atom is -0.324 e. The van der Waals surface area contributed by atoms with Crippen LogP contribution in [0.25, 0.3) is 0 Å². The van der Waals surface area contributed by atoms with Gasteiger partial charge < -0.3 is 5.73 Å². The molecule has 2 rings (SSSR count). The van der Waals surface area contributed by atoms with E-state index in [1.165, 1.54) is 11.1 Å². The van der Waals surface area contributed by atoms with E-state index in [1.807, 2.05) is 19.2 Å². The molecule has 0 amide bonds. The summed E-state index contributed by atoms with van der Waals surface area (Å²) in [5.41, 5.74) is 9.46. The summed E-state index contributed by atoms with van der Waals surface area (Å²) in [5, 5.41) is 1.09. The summed E-state index contributed by atoms with van der Waals surface area (Å²) in [6, 6.07) is 12.6. The highest BCUT2D eigenvalue weighted by Crippen LogP contribution is 2.25. The van der Waals surface area contributed by atoms with Crippen LogP contribution in [-0.4, -0.2) is 4.98 Å². The summed E-state index contributed by atoms with van der Waals surface area (Å²) in [6.07, 6.45) is 1.88. The monoisotopic (exact) mass is 258 g/mol. The number of aryl methyl sites for hydroxylation is 1. The van der Waals surface area contributed by atoms with Gasteiger partial charge in [0.25, 0.3) is 0 Å². The van der Waals surface area contributed by atoms with Crippen molar-refractivity contribution in [3.8, 4) is 0 Å². The second kappa shape index (κ2) is 6.03. The number of aromatic nitrogens is 1. The summed E-state index contributed by atoms with van der Waals surface area (Å²) >= 11 is 1.77. The second-order valence-electron chi connectivity index (χ2n) is 4.45. The molecular weight excluding hydrogens is 240 g/mol. The van der Waals surface area contributed by atoms with Gasteiger partial charge in [0.2, 0.25) is 0 Å². The highest BCUT2D eigenvalue weighted by Gasteiger charge is 2.05. The molecule has 1 heterocycles. The van der Waals surface area contributed by atoms with Crippen molar-refractivity contribution in [3.05, 3.63) is 59.3 Å². The first-order valence-corrected chi connectivity index (χ1v) is 7.04. The Hall–Kier alpha value is -1.32. The van der Waals surface area contributed by atoms with Gasteiger partial charge >= 0.3 is 0 Å². The predicted octanol–water partition coefficient (Wildman–Crippen LogP) is 3.70. The Morgan fingerprint density at radius 3 is 2.61 bits per heavy atom. The van der Waals surface area contributed by atoms with E-state index in [0.717, 1.165) is 16.3 Å². The third-order valence-corrected chi connectivity index (χ3v) is 3.97. The van der Waals surface area contributed by atoms with E-state index in [-0.39, 0.29) is 6.04 Å². The van der Waals surface area contributed by atoms with Gasteiger partial charge in [0, 0.05) is 18.0 Å². The first-order chi connectivity index (χ1) is 8.66. The molecule has 0 spiro atoms. The number of nitrogens with zero attached hydrogens (tertiary/aromatic N) is 1. The number of benzene rings is 1. The van der Waals surface area contributed by atoms with E-state index in [9.17, 15) is 0 Å². The van der Waals surface area contributed by atoms with Gasteiger partial charge in [0.1, 0.15) is 0 Å². The largest absolute Gasteiger partial charge is 0.324 e. The van der Waals surface area contributed by atoms with Gasteiger partial charge in [0.15, 0.2) is 0 Å². The molecule has 0 saturated carbocycles. The van der Waals surface area contributed by atoms with Crippen LogP contribution >= 0.6 is 11.8 Å². The van der Waals surface area contributed by atoms with Crippen LogP contribution in [-0.2, 0) is 5.75 Å². The van der Waals surface area contributed by atoms with E-state index in [4.69, 9.17) is 5.73 Å². The van der Waals surface area contributed by atoms with E-state index >= 15 is 0 Å². The zero-order valence-corrected chi connectivity index (χ0v) is 11.6. The van der Waals surface area contributed by atoms with Crippen LogP contribution in [0.2, 0.25) is 0 Å². The average Bonchev–Trinajstić information content (AvgIpc) is 2.38. The lowest BCUT2D eigenvalue weighted by atomic mass is 10.1. The Morgan fingerprint density at radius 2 is 2.00 bits per heavy atom. The molecule has 1 atom stereocenters. The first-order valence-electron chi connectivity index (χ1n) is 6.05. The zero-order valence-electron chi connectivity index (χ0n) is 10.8. The van der Waals surface area contributed by atoms with Crippen LogP contribution in [0, 0.1) is 6.92 Å². The molecule has 2 aromatic rings. The van der Waals surface area contributed by atoms with Gasteiger partial charge in [-0.1, -0.05) is 36.4 Å². The van der Waals surface area contributed by atoms with Crippen LogP contribution in [0.5, 0.6) is 0 Å². The van der Waals surface area contributed by atoms with Crippen molar-refractivity contribution in [2.45, 2.75) is 30.7 Å². The van der Waals surface area contributed by atoms with Crippen LogP contribution in [0.1, 0.15) is 29.7 Å². The van der Waals surface area contributed by atoms with Crippen molar-refractivity contribution in [2.75, 3.05) is 0 Å². The molecule has 2 N–H and O–H groups in total. The third kappa shape index (κ3) is 3.34. The molecule has 0 aliphatic heterocycles. The van der Waals surface area contributed by atoms with Gasteiger partial charge in [0.05, 0.1) is 5.03 Å². The van der Waals surface area contributed by atoms with E-state index < -0.39 is 0 Å². The first kappa shape index (κ1) is 13.1.